The highest BCUT2D eigenvalue weighted by Crippen LogP contribution is 2.10. The summed E-state index contributed by atoms with van der Waals surface area (Å²) in [6.07, 6.45) is 0. The van der Waals surface area contributed by atoms with Crippen LogP contribution in [-0.2, 0) is 0 Å². The van der Waals surface area contributed by atoms with Crippen LogP contribution in [0, 0.1) is 0 Å². The van der Waals surface area contributed by atoms with Crippen molar-refractivity contribution < 1.29 is 4.79 Å². The summed E-state index contributed by atoms with van der Waals surface area (Å²) in [6.45, 7) is 4.29. The van der Waals surface area contributed by atoms with E-state index in [4.69, 9.17) is 12.2 Å². The van der Waals surface area contributed by atoms with Crippen LogP contribution in [0.15, 0.2) is 24.3 Å². The normalized spacial score (nSPS) is 9.47. The van der Waals surface area contributed by atoms with E-state index >= 15 is 0 Å². The lowest BCUT2D eigenvalue weighted by Gasteiger charge is -2.09. The van der Waals surface area contributed by atoms with E-state index in [2.05, 4.69) is 10.6 Å². The first-order valence-electron chi connectivity index (χ1n) is 4.79. The molecule has 0 aromatic heterocycles. The van der Waals surface area contributed by atoms with Crippen molar-refractivity contribution in [3.8, 4) is 0 Å². The Morgan fingerprint density at radius 1 is 1.47 bits per heavy atom. The summed E-state index contributed by atoms with van der Waals surface area (Å²) in [4.78, 5) is 11.1. The quantitative estimate of drug-likeness (QED) is 0.607. The number of nitrogens with one attached hydrogen (secondary N) is 2. The fraction of sp³-hybridized carbons (Fsp3) is 0.273. The molecule has 2 N–H and O–H groups in total. The summed E-state index contributed by atoms with van der Waals surface area (Å²) < 4.78 is 0. The first-order chi connectivity index (χ1) is 7.13. The Balaban J connectivity index is 2.73. The van der Waals surface area contributed by atoms with Gasteiger partial charge in [0.1, 0.15) is 0 Å². The molecule has 0 atom stereocenters. The number of rotatable bonds is 3. The Bertz CT molecular complexity index is 377. The fourth-order valence-corrected chi connectivity index (χ4v) is 1.41. The molecule has 0 aliphatic carbocycles. The third-order valence-electron chi connectivity index (χ3n) is 1.86. The van der Waals surface area contributed by atoms with E-state index in [0.29, 0.717) is 10.7 Å². The van der Waals surface area contributed by atoms with Crippen LogP contribution in [0.5, 0.6) is 0 Å². The second kappa shape index (κ2) is 5.46. The molecule has 0 radical (unpaired) electrons. The van der Waals surface area contributed by atoms with E-state index in [-0.39, 0.29) is 5.78 Å². The Morgan fingerprint density at radius 2 is 2.20 bits per heavy atom. The van der Waals surface area contributed by atoms with Crippen molar-refractivity contribution >= 4 is 28.8 Å². The minimum atomic E-state index is 0.0491. The number of anilines is 1. The van der Waals surface area contributed by atoms with Gasteiger partial charge in [0.25, 0.3) is 0 Å². The molecule has 0 aliphatic rings. The van der Waals surface area contributed by atoms with Crippen molar-refractivity contribution in [3.05, 3.63) is 29.8 Å². The van der Waals surface area contributed by atoms with Crippen molar-refractivity contribution in [1.82, 2.24) is 5.32 Å². The number of carbonyl (C=O) groups excluding carboxylic acids is 1. The zero-order valence-electron chi connectivity index (χ0n) is 8.83. The molecule has 0 saturated heterocycles. The topological polar surface area (TPSA) is 41.1 Å². The summed E-state index contributed by atoms with van der Waals surface area (Å²) in [7, 11) is 0. The van der Waals surface area contributed by atoms with Gasteiger partial charge in [0.2, 0.25) is 0 Å². The lowest BCUT2D eigenvalue weighted by Crippen LogP contribution is -2.27. The van der Waals surface area contributed by atoms with Crippen molar-refractivity contribution in [2.75, 3.05) is 11.9 Å². The van der Waals surface area contributed by atoms with Crippen molar-refractivity contribution in [1.29, 1.82) is 0 Å². The number of carbonyl (C=O) groups is 1. The Labute approximate surface area is 94.9 Å². The van der Waals surface area contributed by atoms with E-state index in [1.807, 2.05) is 19.1 Å². The molecule has 0 bridgehead atoms. The number of hydrogen-bond donors (Lipinski definition) is 2. The van der Waals surface area contributed by atoms with Gasteiger partial charge in [-0.1, -0.05) is 12.1 Å². The van der Waals surface area contributed by atoms with Gasteiger partial charge >= 0.3 is 0 Å². The van der Waals surface area contributed by atoms with Crippen molar-refractivity contribution in [3.63, 3.8) is 0 Å². The molecule has 0 aliphatic heterocycles. The SMILES string of the molecule is CCNC(=S)Nc1cccc(C(C)=O)c1. The molecule has 0 heterocycles. The van der Waals surface area contributed by atoms with Gasteiger partial charge in [0.05, 0.1) is 0 Å². The first-order valence-corrected chi connectivity index (χ1v) is 5.20. The molecule has 0 spiro atoms. The molecular weight excluding hydrogens is 208 g/mol. The molecule has 0 fully saturated rings. The molecule has 15 heavy (non-hydrogen) atoms. The molecule has 4 heteroatoms. The highest BCUT2D eigenvalue weighted by molar-refractivity contribution is 7.80. The van der Waals surface area contributed by atoms with Gasteiger partial charge in [-0.15, -0.1) is 0 Å². The van der Waals surface area contributed by atoms with Crippen LogP contribution >= 0.6 is 12.2 Å². The first kappa shape index (κ1) is 11.7. The highest BCUT2D eigenvalue weighted by atomic mass is 32.1. The molecule has 0 unspecified atom stereocenters. The van der Waals surface area contributed by atoms with E-state index in [1.165, 1.54) is 0 Å². The Kier molecular flexibility index (Phi) is 4.24. The third-order valence-corrected chi connectivity index (χ3v) is 2.11. The van der Waals surface area contributed by atoms with Gasteiger partial charge in [-0.3, -0.25) is 4.79 Å². The summed E-state index contributed by atoms with van der Waals surface area (Å²) in [6, 6.07) is 7.26. The molecule has 0 amide bonds. The fourth-order valence-electron chi connectivity index (χ4n) is 1.15. The highest BCUT2D eigenvalue weighted by Gasteiger charge is 2.01. The van der Waals surface area contributed by atoms with Crippen LogP contribution in [0.25, 0.3) is 0 Å². The monoisotopic (exact) mass is 222 g/mol. The maximum Gasteiger partial charge on any atom is 0.170 e. The van der Waals surface area contributed by atoms with Crippen LogP contribution < -0.4 is 10.6 Å². The number of thiocarbonyl (C=S) groups is 1. The number of ketones is 1. The van der Waals surface area contributed by atoms with E-state index in [9.17, 15) is 4.79 Å². The molecule has 3 nitrogen and oxygen atoms in total. The average molecular weight is 222 g/mol. The van der Waals surface area contributed by atoms with Crippen LogP contribution in [0.2, 0.25) is 0 Å². The molecule has 1 aromatic rings. The Morgan fingerprint density at radius 3 is 2.80 bits per heavy atom. The summed E-state index contributed by atoms with van der Waals surface area (Å²) in [5.41, 5.74) is 1.51. The van der Waals surface area contributed by atoms with Gasteiger partial charge in [-0.25, -0.2) is 0 Å². The van der Waals surface area contributed by atoms with Crippen LogP contribution in [-0.4, -0.2) is 17.4 Å². The Hall–Kier alpha value is -1.42. The zero-order chi connectivity index (χ0) is 11.3. The second-order valence-electron chi connectivity index (χ2n) is 3.12. The molecule has 0 saturated carbocycles. The summed E-state index contributed by atoms with van der Waals surface area (Å²) in [5, 5.41) is 6.55. The van der Waals surface area contributed by atoms with E-state index in [0.717, 1.165) is 12.2 Å². The smallest absolute Gasteiger partial charge is 0.170 e. The maximum absolute atomic E-state index is 11.1. The van der Waals surface area contributed by atoms with Gasteiger partial charge in [0.15, 0.2) is 10.9 Å². The van der Waals surface area contributed by atoms with E-state index < -0.39 is 0 Å². The average Bonchev–Trinajstić information content (AvgIpc) is 2.18. The molecular formula is C11H14N2OS. The van der Waals surface area contributed by atoms with Gasteiger partial charge < -0.3 is 10.6 Å². The number of benzene rings is 1. The largest absolute Gasteiger partial charge is 0.363 e. The van der Waals surface area contributed by atoms with Gasteiger partial charge in [0, 0.05) is 17.8 Å². The zero-order valence-corrected chi connectivity index (χ0v) is 9.65. The van der Waals surface area contributed by atoms with Crippen LogP contribution in [0.1, 0.15) is 24.2 Å². The molecule has 1 rings (SSSR count). The maximum atomic E-state index is 11.1. The van der Waals surface area contributed by atoms with E-state index in [1.54, 1.807) is 19.1 Å². The van der Waals surface area contributed by atoms with Gasteiger partial charge in [-0.2, -0.15) is 0 Å². The number of Topliss-reactive ketones (excluding diaryl/α,β-unsaturated/α-hetero) is 1. The molecule has 80 valence electrons. The van der Waals surface area contributed by atoms with Gasteiger partial charge in [-0.05, 0) is 38.2 Å². The lowest BCUT2D eigenvalue weighted by molar-refractivity contribution is 0.101. The minimum absolute atomic E-state index is 0.0491. The summed E-state index contributed by atoms with van der Waals surface area (Å²) in [5.74, 6) is 0.0491. The predicted octanol–water partition coefficient (Wildman–Crippen LogP) is 2.20. The van der Waals surface area contributed by atoms with Crippen LogP contribution in [0.4, 0.5) is 5.69 Å². The number of hydrogen-bond acceptors (Lipinski definition) is 2. The molecule has 1 aromatic carbocycles. The standard InChI is InChI=1S/C11H14N2OS/c1-3-12-11(15)13-10-6-4-5-9(7-10)8(2)14/h4-7H,3H2,1-2H3,(H2,12,13,15). The summed E-state index contributed by atoms with van der Waals surface area (Å²) >= 11 is 5.04. The predicted molar refractivity (Wildman–Crippen MR) is 66.3 cm³/mol. The van der Waals surface area contributed by atoms with Crippen LogP contribution in [0.3, 0.4) is 0 Å². The lowest BCUT2D eigenvalue weighted by atomic mass is 10.1. The second-order valence-corrected chi connectivity index (χ2v) is 3.53. The van der Waals surface area contributed by atoms with Crippen molar-refractivity contribution in [2.24, 2.45) is 0 Å². The minimum Gasteiger partial charge on any atom is -0.363 e. The third kappa shape index (κ3) is 3.67. The van der Waals surface area contributed by atoms with Crippen molar-refractivity contribution in [2.45, 2.75) is 13.8 Å².